The van der Waals surface area contributed by atoms with E-state index < -0.39 is 0 Å². The lowest BCUT2D eigenvalue weighted by atomic mass is 10.0. The Hall–Kier alpha value is -2.00. The molecule has 0 radical (unpaired) electrons. The van der Waals surface area contributed by atoms with Crippen molar-refractivity contribution >= 4 is 23.2 Å². The molecular weight excluding hydrogens is 284 g/mol. The zero-order valence-electron chi connectivity index (χ0n) is 11.7. The highest BCUT2D eigenvalue weighted by Gasteiger charge is 2.12. The van der Waals surface area contributed by atoms with Crippen molar-refractivity contribution in [2.75, 3.05) is 11.9 Å². The molecule has 0 fully saturated rings. The van der Waals surface area contributed by atoms with Crippen LogP contribution in [0.25, 0.3) is 0 Å². The number of benzene rings is 2. The summed E-state index contributed by atoms with van der Waals surface area (Å²) < 4.78 is 0. The first-order valence-corrected chi connectivity index (χ1v) is 7.49. The maximum atomic E-state index is 12.2. The predicted octanol–water partition coefficient (Wildman–Crippen LogP) is 3.63. The fourth-order valence-corrected chi connectivity index (χ4v) is 2.63. The molecule has 2 aromatic rings. The summed E-state index contributed by atoms with van der Waals surface area (Å²) in [7, 11) is 0. The first-order chi connectivity index (χ1) is 10.2. The number of hydrogen-bond acceptors (Lipinski definition) is 2. The summed E-state index contributed by atoms with van der Waals surface area (Å²) in [4.78, 5) is 12.2. The Bertz CT molecular complexity index is 652. The third-order valence-corrected chi connectivity index (χ3v) is 3.92. The monoisotopic (exact) mass is 300 g/mol. The summed E-state index contributed by atoms with van der Waals surface area (Å²) in [6.07, 6.45) is 2.14. The van der Waals surface area contributed by atoms with Crippen molar-refractivity contribution in [2.45, 2.75) is 19.4 Å². The van der Waals surface area contributed by atoms with Crippen molar-refractivity contribution in [3.05, 3.63) is 64.2 Å². The zero-order chi connectivity index (χ0) is 14.7. The maximum absolute atomic E-state index is 12.2. The van der Waals surface area contributed by atoms with Gasteiger partial charge < -0.3 is 10.6 Å². The summed E-state index contributed by atoms with van der Waals surface area (Å²) in [6, 6.07) is 13.3. The lowest BCUT2D eigenvalue weighted by Crippen LogP contribution is -2.23. The Balaban J connectivity index is 1.66. The van der Waals surface area contributed by atoms with Crippen LogP contribution in [0.4, 0.5) is 5.69 Å². The van der Waals surface area contributed by atoms with E-state index in [0.717, 1.165) is 30.6 Å². The van der Waals surface area contributed by atoms with Gasteiger partial charge in [0.2, 0.25) is 0 Å². The Morgan fingerprint density at radius 2 is 2.00 bits per heavy atom. The Morgan fingerprint density at radius 1 is 1.19 bits per heavy atom. The van der Waals surface area contributed by atoms with Crippen molar-refractivity contribution in [1.29, 1.82) is 0 Å². The van der Waals surface area contributed by atoms with Gasteiger partial charge in [-0.1, -0.05) is 23.7 Å². The molecule has 0 saturated heterocycles. The molecule has 4 heteroatoms. The molecule has 0 bridgehead atoms. The number of anilines is 1. The van der Waals surface area contributed by atoms with Crippen molar-refractivity contribution in [3.8, 4) is 0 Å². The minimum absolute atomic E-state index is 0.0432. The van der Waals surface area contributed by atoms with Gasteiger partial charge in [0.1, 0.15) is 0 Å². The van der Waals surface area contributed by atoms with E-state index in [-0.39, 0.29) is 5.91 Å². The molecule has 0 aromatic heterocycles. The second-order valence-electron chi connectivity index (χ2n) is 5.21. The summed E-state index contributed by atoms with van der Waals surface area (Å²) in [5, 5.41) is 6.99. The van der Waals surface area contributed by atoms with E-state index in [0.29, 0.717) is 17.1 Å². The van der Waals surface area contributed by atoms with E-state index in [4.69, 9.17) is 11.6 Å². The molecule has 0 atom stereocenters. The average molecular weight is 301 g/mol. The Morgan fingerprint density at radius 3 is 2.81 bits per heavy atom. The van der Waals surface area contributed by atoms with Crippen LogP contribution < -0.4 is 10.6 Å². The highest BCUT2D eigenvalue weighted by Crippen LogP contribution is 2.22. The smallest absolute Gasteiger partial charge is 0.251 e. The van der Waals surface area contributed by atoms with Crippen molar-refractivity contribution in [3.63, 3.8) is 0 Å². The molecular formula is C17H17ClN2O. The molecule has 108 valence electrons. The molecule has 3 rings (SSSR count). The number of hydrogen-bond donors (Lipinski definition) is 2. The molecule has 0 aliphatic carbocycles. The van der Waals surface area contributed by atoms with E-state index in [1.165, 1.54) is 5.56 Å². The van der Waals surface area contributed by atoms with Crippen molar-refractivity contribution in [2.24, 2.45) is 0 Å². The first-order valence-electron chi connectivity index (χ1n) is 7.12. The lowest BCUT2D eigenvalue weighted by Gasteiger charge is -2.18. The van der Waals surface area contributed by atoms with Crippen molar-refractivity contribution < 1.29 is 4.79 Å². The van der Waals surface area contributed by atoms with Gasteiger partial charge in [0.25, 0.3) is 5.91 Å². The first kappa shape index (κ1) is 14.0. The molecule has 0 saturated carbocycles. The van der Waals surface area contributed by atoms with Gasteiger partial charge in [0, 0.05) is 29.4 Å². The Kier molecular flexibility index (Phi) is 4.11. The molecule has 2 aromatic carbocycles. The number of carbonyl (C=O) groups excluding carboxylic acids is 1. The van der Waals surface area contributed by atoms with E-state index in [1.807, 2.05) is 42.5 Å². The van der Waals surface area contributed by atoms with Crippen LogP contribution in [0.3, 0.4) is 0 Å². The predicted molar refractivity (Wildman–Crippen MR) is 85.9 cm³/mol. The van der Waals surface area contributed by atoms with E-state index in [2.05, 4.69) is 10.6 Å². The summed E-state index contributed by atoms with van der Waals surface area (Å²) >= 11 is 5.84. The number of amides is 1. The molecule has 3 nitrogen and oxygen atoms in total. The SMILES string of the molecule is O=C(NCc1ccc(Cl)cc1)c1ccc2c(c1)CCCN2. The average Bonchev–Trinajstić information content (AvgIpc) is 2.53. The number of nitrogens with one attached hydrogen (secondary N) is 2. The third kappa shape index (κ3) is 3.37. The van der Waals surface area contributed by atoms with Gasteiger partial charge in [0.15, 0.2) is 0 Å². The minimum atomic E-state index is -0.0432. The zero-order valence-corrected chi connectivity index (χ0v) is 12.4. The number of aryl methyl sites for hydroxylation is 1. The topological polar surface area (TPSA) is 41.1 Å². The lowest BCUT2D eigenvalue weighted by molar-refractivity contribution is 0.0951. The second kappa shape index (κ2) is 6.19. The van der Waals surface area contributed by atoms with Gasteiger partial charge in [-0.3, -0.25) is 4.79 Å². The minimum Gasteiger partial charge on any atom is -0.385 e. The van der Waals surface area contributed by atoms with Gasteiger partial charge in [-0.2, -0.15) is 0 Å². The van der Waals surface area contributed by atoms with Gasteiger partial charge >= 0.3 is 0 Å². The quantitative estimate of drug-likeness (QED) is 0.909. The van der Waals surface area contributed by atoms with Crippen LogP contribution in [0.2, 0.25) is 5.02 Å². The number of carbonyl (C=O) groups is 1. The molecule has 1 aliphatic rings. The van der Waals surface area contributed by atoms with Crippen LogP contribution in [0.5, 0.6) is 0 Å². The number of rotatable bonds is 3. The third-order valence-electron chi connectivity index (χ3n) is 3.67. The van der Waals surface area contributed by atoms with Crippen LogP contribution in [-0.2, 0) is 13.0 Å². The molecule has 1 heterocycles. The van der Waals surface area contributed by atoms with E-state index in [9.17, 15) is 4.79 Å². The molecule has 21 heavy (non-hydrogen) atoms. The van der Waals surface area contributed by atoms with Gasteiger partial charge in [-0.05, 0) is 54.3 Å². The normalized spacial score (nSPS) is 13.2. The van der Waals surface area contributed by atoms with Crippen LogP contribution in [0, 0.1) is 0 Å². The van der Waals surface area contributed by atoms with Gasteiger partial charge in [-0.25, -0.2) is 0 Å². The summed E-state index contributed by atoms with van der Waals surface area (Å²) in [6.45, 7) is 1.51. The molecule has 1 amide bonds. The highest BCUT2D eigenvalue weighted by molar-refractivity contribution is 6.30. The van der Waals surface area contributed by atoms with E-state index in [1.54, 1.807) is 0 Å². The number of halogens is 1. The molecule has 0 unspecified atom stereocenters. The molecule has 2 N–H and O–H groups in total. The fourth-order valence-electron chi connectivity index (χ4n) is 2.50. The van der Waals surface area contributed by atoms with Crippen LogP contribution in [-0.4, -0.2) is 12.5 Å². The van der Waals surface area contributed by atoms with Crippen LogP contribution >= 0.6 is 11.6 Å². The second-order valence-corrected chi connectivity index (χ2v) is 5.65. The molecule has 0 spiro atoms. The Labute approximate surface area is 129 Å². The van der Waals surface area contributed by atoms with Gasteiger partial charge in [0.05, 0.1) is 0 Å². The van der Waals surface area contributed by atoms with Gasteiger partial charge in [-0.15, -0.1) is 0 Å². The maximum Gasteiger partial charge on any atom is 0.251 e. The summed E-state index contributed by atoms with van der Waals surface area (Å²) in [5.41, 5.74) is 4.12. The van der Waals surface area contributed by atoms with Crippen LogP contribution in [0.15, 0.2) is 42.5 Å². The largest absolute Gasteiger partial charge is 0.385 e. The van der Waals surface area contributed by atoms with E-state index >= 15 is 0 Å². The van der Waals surface area contributed by atoms with Crippen molar-refractivity contribution in [1.82, 2.24) is 5.32 Å². The number of fused-ring (bicyclic) bond motifs is 1. The fraction of sp³-hybridized carbons (Fsp3) is 0.235. The highest BCUT2D eigenvalue weighted by atomic mass is 35.5. The molecule has 1 aliphatic heterocycles. The summed E-state index contributed by atoms with van der Waals surface area (Å²) in [5.74, 6) is -0.0432. The van der Waals surface area contributed by atoms with Crippen LogP contribution in [0.1, 0.15) is 27.9 Å². The standard InChI is InChI=1S/C17H17ClN2O/c18-15-6-3-12(4-7-15)11-20-17(21)14-5-8-16-13(10-14)2-1-9-19-16/h3-8,10,19H,1-2,9,11H2,(H,20,21).